The Morgan fingerprint density at radius 1 is 1.15 bits per heavy atom. The van der Waals surface area contributed by atoms with Crippen LogP contribution in [0.3, 0.4) is 0 Å². The largest absolute Gasteiger partial charge is 0.426 e. The van der Waals surface area contributed by atoms with E-state index in [0.29, 0.717) is 24.4 Å². The molecule has 0 aromatic heterocycles. The van der Waals surface area contributed by atoms with Crippen LogP contribution >= 0.6 is 0 Å². The van der Waals surface area contributed by atoms with E-state index in [4.69, 9.17) is 4.74 Å². The summed E-state index contributed by atoms with van der Waals surface area (Å²) < 4.78 is 5.11. The Kier molecular flexibility index (Phi) is 7.28. The molecule has 20 heavy (non-hydrogen) atoms. The van der Waals surface area contributed by atoms with Gasteiger partial charge in [0.15, 0.2) is 0 Å². The van der Waals surface area contributed by atoms with Crippen LogP contribution in [0.4, 0.5) is 5.69 Å². The maximum Gasteiger partial charge on any atom is 0.311 e. The summed E-state index contributed by atoms with van der Waals surface area (Å²) in [6, 6.07) is 6.34. The molecule has 0 unspecified atom stereocenters. The number of hydrogen-bond donors (Lipinski definition) is 0. The number of esters is 1. The highest BCUT2D eigenvalue weighted by Gasteiger charge is 2.05. The lowest BCUT2D eigenvalue weighted by molar-refractivity contribution is -0.134. The predicted octanol–water partition coefficient (Wildman–Crippen LogP) is 2.46. The molecule has 0 fully saturated rings. The second kappa shape index (κ2) is 9.39. The van der Waals surface area contributed by atoms with E-state index >= 15 is 0 Å². The highest BCUT2D eigenvalue weighted by atomic mass is 16.5. The first kappa shape index (κ1) is 15.5. The van der Waals surface area contributed by atoms with Gasteiger partial charge in [-0.05, 0) is 25.0 Å². The molecule has 6 nitrogen and oxygen atoms in total. The van der Waals surface area contributed by atoms with Gasteiger partial charge in [-0.3, -0.25) is 4.79 Å². The topological polar surface area (TPSA) is 85.2 Å². The average Bonchev–Trinajstić information content (AvgIpc) is 2.43. The van der Waals surface area contributed by atoms with Gasteiger partial charge in [0.2, 0.25) is 12.2 Å². The van der Waals surface area contributed by atoms with Gasteiger partial charge in [-0.2, -0.15) is 4.99 Å². The molecule has 1 aromatic carbocycles. The normalized spacial score (nSPS) is 9.20. The third-order valence-corrected chi connectivity index (χ3v) is 2.44. The van der Waals surface area contributed by atoms with Crippen molar-refractivity contribution < 1.29 is 19.1 Å². The SMILES string of the molecule is O=C=NCCCCCC(=O)Oc1cccc(N=C=O)c1. The fourth-order valence-electron chi connectivity index (χ4n) is 1.53. The molecular weight excluding hydrogens is 260 g/mol. The molecule has 0 spiro atoms. The van der Waals surface area contributed by atoms with Crippen LogP contribution in [0.5, 0.6) is 5.75 Å². The van der Waals surface area contributed by atoms with Gasteiger partial charge in [-0.25, -0.2) is 14.6 Å². The van der Waals surface area contributed by atoms with Crippen molar-refractivity contribution in [1.29, 1.82) is 0 Å². The summed E-state index contributed by atoms with van der Waals surface area (Å²) in [5, 5.41) is 0. The number of rotatable bonds is 8. The molecule has 0 aliphatic heterocycles. The lowest BCUT2D eigenvalue weighted by atomic mass is 10.2. The molecule has 0 saturated heterocycles. The molecule has 0 saturated carbocycles. The summed E-state index contributed by atoms with van der Waals surface area (Å²) in [5.74, 6) is -0.00632. The summed E-state index contributed by atoms with van der Waals surface area (Å²) in [7, 11) is 0. The first-order chi connectivity index (χ1) is 9.76. The van der Waals surface area contributed by atoms with Gasteiger partial charge in [0.25, 0.3) is 0 Å². The Labute approximate surface area is 116 Å². The molecule has 0 atom stereocenters. The minimum absolute atomic E-state index is 0.284. The van der Waals surface area contributed by atoms with Gasteiger partial charge < -0.3 is 4.74 Å². The zero-order chi connectivity index (χ0) is 14.6. The zero-order valence-corrected chi connectivity index (χ0v) is 10.9. The van der Waals surface area contributed by atoms with Crippen molar-refractivity contribution in [3.63, 3.8) is 0 Å². The van der Waals surface area contributed by atoms with E-state index in [9.17, 15) is 14.4 Å². The van der Waals surface area contributed by atoms with E-state index < -0.39 is 0 Å². The number of isocyanates is 2. The molecule has 1 rings (SSSR count). The summed E-state index contributed by atoms with van der Waals surface area (Å²) in [4.78, 5) is 38.4. The summed E-state index contributed by atoms with van der Waals surface area (Å²) >= 11 is 0. The standard InChI is InChI=1S/C14H14N2O4/c17-10-15-8-3-1-2-7-14(19)20-13-6-4-5-12(9-13)16-11-18/h4-6,9H,1-3,7-8H2. The van der Waals surface area contributed by atoms with Gasteiger partial charge in [-0.15, -0.1) is 0 Å². The summed E-state index contributed by atoms with van der Waals surface area (Å²) in [6.07, 6.45) is 5.36. The number of aliphatic imine (C=N–C) groups is 2. The number of unbranched alkanes of at least 4 members (excludes halogenated alkanes) is 2. The fraction of sp³-hybridized carbons (Fsp3) is 0.357. The van der Waals surface area contributed by atoms with Gasteiger partial charge in [-0.1, -0.05) is 12.5 Å². The number of hydrogen-bond acceptors (Lipinski definition) is 6. The van der Waals surface area contributed by atoms with Crippen molar-refractivity contribution in [2.45, 2.75) is 25.7 Å². The highest BCUT2D eigenvalue weighted by Crippen LogP contribution is 2.20. The fourth-order valence-corrected chi connectivity index (χ4v) is 1.53. The molecule has 1 aromatic rings. The summed E-state index contributed by atoms with van der Waals surface area (Å²) in [6.45, 7) is 0.435. The minimum Gasteiger partial charge on any atom is -0.426 e. The Morgan fingerprint density at radius 2 is 2.00 bits per heavy atom. The van der Waals surface area contributed by atoms with Crippen LogP contribution in [0.2, 0.25) is 0 Å². The molecule has 0 heterocycles. The van der Waals surface area contributed by atoms with E-state index in [1.807, 2.05) is 0 Å². The predicted molar refractivity (Wildman–Crippen MR) is 71.3 cm³/mol. The molecule has 0 amide bonds. The molecule has 0 aliphatic rings. The minimum atomic E-state index is -0.351. The van der Waals surface area contributed by atoms with E-state index in [2.05, 4.69) is 9.98 Å². The number of ether oxygens (including phenoxy) is 1. The Balaban J connectivity index is 2.33. The number of carbonyl (C=O) groups is 1. The van der Waals surface area contributed by atoms with Crippen LogP contribution in [0, 0.1) is 0 Å². The third kappa shape index (κ3) is 6.40. The molecule has 0 radical (unpaired) electrons. The van der Waals surface area contributed by atoms with Gasteiger partial charge in [0.1, 0.15) is 5.75 Å². The van der Waals surface area contributed by atoms with E-state index in [-0.39, 0.29) is 12.4 Å². The van der Waals surface area contributed by atoms with Crippen LogP contribution < -0.4 is 4.74 Å². The third-order valence-electron chi connectivity index (χ3n) is 2.44. The van der Waals surface area contributed by atoms with Crippen LogP contribution in [0.25, 0.3) is 0 Å². The first-order valence-corrected chi connectivity index (χ1v) is 6.18. The maximum atomic E-state index is 11.6. The monoisotopic (exact) mass is 274 g/mol. The molecule has 0 N–H and O–H groups in total. The van der Waals surface area contributed by atoms with Crippen LogP contribution in [0.15, 0.2) is 34.3 Å². The maximum absolute atomic E-state index is 11.6. The van der Waals surface area contributed by atoms with Crippen molar-refractivity contribution in [1.82, 2.24) is 0 Å². The highest BCUT2D eigenvalue weighted by molar-refractivity contribution is 5.72. The van der Waals surface area contributed by atoms with Crippen molar-refractivity contribution >= 4 is 23.8 Å². The second-order valence-electron chi connectivity index (χ2n) is 3.96. The quantitative estimate of drug-likeness (QED) is 0.239. The Hall–Kier alpha value is -2.55. The number of carbonyl (C=O) groups excluding carboxylic acids is 3. The van der Waals surface area contributed by atoms with Crippen LogP contribution in [0.1, 0.15) is 25.7 Å². The molecular formula is C14H14N2O4. The van der Waals surface area contributed by atoms with Gasteiger partial charge >= 0.3 is 5.97 Å². The molecule has 0 aliphatic carbocycles. The van der Waals surface area contributed by atoms with Crippen molar-refractivity contribution in [2.75, 3.05) is 6.54 Å². The zero-order valence-electron chi connectivity index (χ0n) is 10.9. The lowest BCUT2D eigenvalue weighted by Gasteiger charge is -2.04. The molecule has 6 heteroatoms. The van der Waals surface area contributed by atoms with Crippen molar-refractivity contribution in [3.8, 4) is 5.75 Å². The van der Waals surface area contributed by atoms with Gasteiger partial charge in [0.05, 0.1) is 12.2 Å². The molecule has 0 bridgehead atoms. The van der Waals surface area contributed by atoms with Crippen LogP contribution in [-0.4, -0.2) is 24.7 Å². The first-order valence-electron chi connectivity index (χ1n) is 6.18. The second-order valence-corrected chi connectivity index (χ2v) is 3.96. The van der Waals surface area contributed by atoms with Crippen molar-refractivity contribution in [3.05, 3.63) is 24.3 Å². The molecule has 104 valence electrons. The average molecular weight is 274 g/mol. The smallest absolute Gasteiger partial charge is 0.311 e. The lowest BCUT2D eigenvalue weighted by Crippen LogP contribution is -2.07. The Bertz CT molecular complexity index is 544. The van der Waals surface area contributed by atoms with Crippen molar-refractivity contribution in [2.24, 2.45) is 9.98 Å². The van der Waals surface area contributed by atoms with E-state index in [0.717, 1.165) is 12.8 Å². The summed E-state index contributed by atoms with van der Waals surface area (Å²) in [5.41, 5.74) is 0.386. The van der Waals surface area contributed by atoms with Crippen LogP contribution in [-0.2, 0) is 14.4 Å². The van der Waals surface area contributed by atoms with Gasteiger partial charge in [0, 0.05) is 12.5 Å². The number of nitrogens with zero attached hydrogens (tertiary/aromatic N) is 2. The Morgan fingerprint density at radius 3 is 2.75 bits per heavy atom. The van der Waals surface area contributed by atoms with E-state index in [1.165, 1.54) is 18.2 Å². The number of benzene rings is 1. The van der Waals surface area contributed by atoms with E-state index in [1.54, 1.807) is 18.2 Å².